The van der Waals surface area contributed by atoms with Gasteiger partial charge in [0.1, 0.15) is 0 Å². The topological polar surface area (TPSA) is 108 Å². The summed E-state index contributed by atoms with van der Waals surface area (Å²) in [5.41, 5.74) is -3.12. The molecule has 0 spiro atoms. The fraction of sp³-hybridized carbons (Fsp3) is 0.333. The third-order valence-electron chi connectivity index (χ3n) is 5.11. The van der Waals surface area contributed by atoms with E-state index in [1.165, 1.54) is 4.90 Å². The minimum atomic E-state index is -4.96. The van der Waals surface area contributed by atoms with Crippen molar-refractivity contribution >= 4 is 17.1 Å². The van der Waals surface area contributed by atoms with E-state index in [4.69, 9.17) is 9.47 Å². The molecule has 0 amide bonds. The first kappa shape index (κ1) is 19.7. The van der Waals surface area contributed by atoms with Gasteiger partial charge >= 0.3 is 6.18 Å². The van der Waals surface area contributed by atoms with Crippen molar-refractivity contribution < 1.29 is 32.5 Å². The molecule has 0 bridgehead atoms. The van der Waals surface area contributed by atoms with E-state index >= 15 is 0 Å². The van der Waals surface area contributed by atoms with Crippen LogP contribution in [0.5, 0.6) is 11.5 Å². The second kappa shape index (κ2) is 7.04. The highest BCUT2D eigenvalue weighted by molar-refractivity contribution is 5.77. The van der Waals surface area contributed by atoms with E-state index in [0.717, 1.165) is 0 Å². The van der Waals surface area contributed by atoms with Gasteiger partial charge in [-0.25, -0.2) is 0 Å². The van der Waals surface area contributed by atoms with E-state index < -0.39 is 44.7 Å². The Balaban J connectivity index is 1.85. The van der Waals surface area contributed by atoms with Crippen molar-refractivity contribution in [3.63, 3.8) is 0 Å². The number of rotatable bonds is 4. The van der Waals surface area contributed by atoms with E-state index in [9.17, 15) is 33.4 Å². The lowest BCUT2D eigenvalue weighted by molar-refractivity contribution is -0.393. The zero-order valence-electron chi connectivity index (χ0n) is 15.2. The molecule has 0 saturated carbocycles. The van der Waals surface area contributed by atoms with Gasteiger partial charge in [0.15, 0.2) is 17.2 Å². The smallest absolute Gasteiger partial charge is 0.416 e. The maximum atomic E-state index is 13.2. The number of fused-ring (bicyclic) bond motifs is 1. The van der Waals surface area contributed by atoms with Gasteiger partial charge in [-0.1, -0.05) is 6.07 Å². The van der Waals surface area contributed by atoms with E-state index in [2.05, 4.69) is 0 Å². The summed E-state index contributed by atoms with van der Waals surface area (Å²) in [6.07, 6.45) is -3.90. The first-order valence-electron chi connectivity index (χ1n) is 8.87. The van der Waals surface area contributed by atoms with Crippen LogP contribution in [0.1, 0.15) is 30.0 Å². The molecule has 2 aromatic carbocycles. The van der Waals surface area contributed by atoms with Crippen LogP contribution in [0.3, 0.4) is 0 Å². The lowest BCUT2D eigenvalue weighted by Gasteiger charge is -2.27. The van der Waals surface area contributed by atoms with E-state index in [1.54, 1.807) is 18.2 Å². The summed E-state index contributed by atoms with van der Waals surface area (Å²) in [5.74, 6) is 0.991. The molecular weight excluding hydrogens is 411 g/mol. The third kappa shape index (κ3) is 3.33. The molecule has 2 aliphatic heterocycles. The van der Waals surface area contributed by atoms with Crippen LogP contribution in [0.15, 0.2) is 30.3 Å². The number of nitrogens with zero attached hydrogens (tertiary/aromatic N) is 3. The Morgan fingerprint density at radius 3 is 2.23 bits per heavy atom. The van der Waals surface area contributed by atoms with Crippen molar-refractivity contribution in [3.8, 4) is 11.5 Å². The first-order valence-corrected chi connectivity index (χ1v) is 8.87. The third-order valence-corrected chi connectivity index (χ3v) is 5.11. The summed E-state index contributed by atoms with van der Waals surface area (Å²) in [6, 6.07) is 5.22. The predicted octanol–water partition coefficient (Wildman–Crippen LogP) is 4.59. The Morgan fingerprint density at radius 2 is 1.63 bits per heavy atom. The van der Waals surface area contributed by atoms with Crippen LogP contribution in [0, 0.1) is 20.2 Å². The molecule has 158 valence electrons. The van der Waals surface area contributed by atoms with Crippen molar-refractivity contribution in [2.24, 2.45) is 0 Å². The van der Waals surface area contributed by atoms with Gasteiger partial charge < -0.3 is 14.4 Å². The predicted molar refractivity (Wildman–Crippen MR) is 96.6 cm³/mol. The van der Waals surface area contributed by atoms with Crippen molar-refractivity contribution in [1.29, 1.82) is 0 Å². The summed E-state index contributed by atoms with van der Waals surface area (Å²) in [5, 5.41) is 23.2. The number of benzene rings is 2. The fourth-order valence-corrected chi connectivity index (χ4v) is 3.84. The molecule has 0 radical (unpaired) electrons. The summed E-state index contributed by atoms with van der Waals surface area (Å²) in [6.45, 7) is 0.259. The molecule has 0 N–H and O–H groups in total. The number of ether oxygens (including phenoxy) is 2. The summed E-state index contributed by atoms with van der Waals surface area (Å²) < 4.78 is 50.1. The molecule has 2 aliphatic rings. The molecule has 0 aromatic heterocycles. The molecule has 0 aliphatic carbocycles. The van der Waals surface area contributed by atoms with Gasteiger partial charge in [0.25, 0.3) is 11.4 Å². The van der Waals surface area contributed by atoms with Crippen LogP contribution in [-0.2, 0) is 6.18 Å². The quantitative estimate of drug-likeness (QED) is 0.521. The molecule has 1 atom stereocenters. The number of hydrogen-bond acceptors (Lipinski definition) is 7. The van der Waals surface area contributed by atoms with Gasteiger partial charge in [0.2, 0.25) is 6.79 Å². The van der Waals surface area contributed by atoms with Gasteiger partial charge in [-0.05, 0) is 30.5 Å². The van der Waals surface area contributed by atoms with Crippen LogP contribution in [0.4, 0.5) is 30.2 Å². The van der Waals surface area contributed by atoms with Crippen molar-refractivity contribution in [3.05, 3.63) is 61.7 Å². The van der Waals surface area contributed by atoms with Gasteiger partial charge in [-0.15, -0.1) is 0 Å². The van der Waals surface area contributed by atoms with Gasteiger partial charge in [0.05, 0.1) is 21.5 Å². The highest BCUT2D eigenvalue weighted by Crippen LogP contribution is 2.48. The summed E-state index contributed by atoms with van der Waals surface area (Å²) in [4.78, 5) is 22.5. The second-order valence-electron chi connectivity index (χ2n) is 6.84. The normalized spacial score (nSPS) is 18.0. The van der Waals surface area contributed by atoms with E-state index in [0.29, 0.717) is 42.0 Å². The van der Waals surface area contributed by atoms with Gasteiger partial charge in [-0.3, -0.25) is 20.2 Å². The molecule has 1 unspecified atom stereocenters. The van der Waals surface area contributed by atoms with Crippen LogP contribution in [0.2, 0.25) is 0 Å². The fourth-order valence-electron chi connectivity index (χ4n) is 3.84. The Kier molecular flexibility index (Phi) is 4.63. The minimum absolute atomic E-state index is 0.0447. The molecule has 4 rings (SSSR count). The zero-order chi connectivity index (χ0) is 21.6. The number of alkyl halides is 3. The maximum absolute atomic E-state index is 13.2. The highest BCUT2D eigenvalue weighted by atomic mass is 19.4. The molecule has 9 nitrogen and oxygen atoms in total. The molecule has 2 heterocycles. The zero-order valence-corrected chi connectivity index (χ0v) is 15.2. The molecule has 1 fully saturated rings. The average molecular weight is 425 g/mol. The Labute approximate surface area is 166 Å². The van der Waals surface area contributed by atoms with Crippen molar-refractivity contribution in [2.45, 2.75) is 25.1 Å². The molecule has 30 heavy (non-hydrogen) atoms. The summed E-state index contributed by atoms with van der Waals surface area (Å²) in [7, 11) is 0. The molecule has 12 heteroatoms. The van der Waals surface area contributed by atoms with Crippen molar-refractivity contribution in [2.75, 3.05) is 18.2 Å². The number of halogens is 3. The number of nitro benzene ring substituents is 2. The molecule has 1 saturated heterocycles. The summed E-state index contributed by atoms with van der Waals surface area (Å²) >= 11 is 0. The Bertz CT molecular complexity index is 1010. The maximum Gasteiger partial charge on any atom is 0.416 e. The number of nitro groups is 2. The molecular formula is C18H14F3N3O6. The Hall–Kier alpha value is -3.57. The average Bonchev–Trinajstić information content (AvgIpc) is 3.34. The Morgan fingerprint density at radius 1 is 1.00 bits per heavy atom. The van der Waals surface area contributed by atoms with Gasteiger partial charge in [0, 0.05) is 18.7 Å². The number of hydrogen-bond donors (Lipinski definition) is 0. The van der Waals surface area contributed by atoms with E-state index in [-0.39, 0.29) is 13.3 Å². The lowest BCUT2D eigenvalue weighted by atomic mass is 10.0. The monoisotopic (exact) mass is 425 g/mol. The van der Waals surface area contributed by atoms with Gasteiger partial charge in [-0.2, -0.15) is 13.2 Å². The van der Waals surface area contributed by atoms with Crippen LogP contribution in [0.25, 0.3) is 0 Å². The van der Waals surface area contributed by atoms with Crippen molar-refractivity contribution in [1.82, 2.24) is 0 Å². The molecule has 2 aromatic rings. The second-order valence-corrected chi connectivity index (χ2v) is 6.84. The van der Waals surface area contributed by atoms with E-state index in [1.807, 2.05) is 0 Å². The van der Waals surface area contributed by atoms with Crippen LogP contribution in [-0.4, -0.2) is 23.2 Å². The standard InChI is InChI=1S/C18H14F3N3O6/c19-18(20,21)11-7-13(23(25)26)17(14(8-11)24(27)28)22-5-1-2-12(22)10-3-4-15-16(6-10)30-9-29-15/h3-4,6-8,12H,1-2,5,9H2. The minimum Gasteiger partial charge on any atom is -0.454 e. The SMILES string of the molecule is O=[N+]([O-])c1cc(C(F)(F)F)cc([N+](=O)[O-])c1N1CCCC1c1ccc2c(c1)OCO2. The highest BCUT2D eigenvalue weighted by Gasteiger charge is 2.42. The van der Waals surface area contributed by atoms with Crippen LogP contribution >= 0.6 is 0 Å². The lowest BCUT2D eigenvalue weighted by Crippen LogP contribution is -2.25. The first-order chi connectivity index (χ1) is 14.2. The largest absolute Gasteiger partial charge is 0.454 e. The number of anilines is 1. The van der Waals surface area contributed by atoms with Crippen LogP contribution < -0.4 is 14.4 Å².